The van der Waals surface area contributed by atoms with Crippen molar-refractivity contribution >= 4 is 17.9 Å². The highest BCUT2D eigenvalue weighted by Gasteiger charge is 2.31. The van der Waals surface area contributed by atoms with Crippen LogP contribution in [0, 0.1) is 6.92 Å². The normalized spacial score (nSPS) is 11.9. The van der Waals surface area contributed by atoms with Crippen molar-refractivity contribution in [1.82, 2.24) is 15.5 Å². The van der Waals surface area contributed by atoms with E-state index in [0.717, 1.165) is 11.1 Å². The number of carbonyl (C=O) groups excluding carboxylic acids is 3. The molecule has 0 bridgehead atoms. The maximum Gasteiger partial charge on any atom is 0.408 e. The number of ether oxygens (including phenoxy) is 1. The average Bonchev–Trinajstić information content (AvgIpc) is 2.76. The molecular weight excluding hydrogens is 418 g/mol. The largest absolute Gasteiger partial charge is 0.444 e. The molecule has 0 saturated carbocycles. The Kier molecular flexibility index (Phi) is 9.45. The lowest BCUT2D eigenvalue weighted by Gasteiger charge is -2.31. The van der Waals surface area contributed by atoms with E-state index in [2.05, 4.69) is 10.6 Å². The number of nitrogens with zero attached hydrogens (tertiary/aromatic N) is 1. The standard InChI is InChI=1S/C26H35N3O4/c1-6-16-29(22(30)18-28-25(32)33-26(3,4)5)23(21-14-12-19(2)13-15-21)24(31)27-17-20-10-8-7-9-11-20/h7-15,23H,6,16-18H2,1-5H3,(H,27,31)(H,28,32). The highest BCUT2D eigenvalue weighted by atomic mass is 16.6. The lowest BCUT2D eigenvalue weighted by Crippen LogP contribution is -2.48. The molecule has 0 aliphatic rings. The molecule has 7 heteroatoms. The Morgan fingerprint density at radius 1 is 0.970 bits per heavy atom. The third-order valence-corrected chi connectivity index (χ3v) is 4.83. The molecule has 2 aromatic rings. The fourth-order valence-electron chi connectivity index (χ4n) is 3.31. The number of hydrogen-bond acceptors (Lipinski definition) is 4. The first-order chi connectivity index (χ1) is 15.6. The number of amides is 3. The van der Waals surface area contributed by atoms with E-state index in [9.17, 15) is 14.4 Å². The van der Waals surface area contributed by atoms with E-state index >= 15 is 0 Å². The monoisotopic (exact) mass is 453 g/mol. The number of alkyl carbamates (subject to hydrolysis) is 1. The molecule has 3 amide bonds. The van der Waals surface area contributed by atoms with E-state index in [1.165, 1.54) is 4.90 Å². The van der Waals surface area contributed by atoms with Gasteiger partial charge < -0.3 is 20.3 Å². The molecule has 0 aliphatic heterocycles. The molecule has 2 aromatic carbocycles. The number of aryl methyl sites for hydroxylation is 1. The molecule has 7 nitrogen and oxygen atoms in total. The molecule has 0 fully saturated rings. The number of carbonyl (C=O) groups is 3. The third-order valence-electron chi connectivity index (χ3n) is 4.83. The molecule has 1 unspecified atom stereocenters. The van der Waals surface area contributed by atoms with Crippen LogP contribution >= 0.6 is 0 Å². The zero-order valence-electron chi connectivity index (χ0n) is 20.2. The van der Waals surface area contributed by atoms with Gasteiger partial charge in [-0.05, 0) is 45.2 Å². The van der Waals surface area contributed by atoms with Crippen molar-refractivity contribution in [2.45, 2.75) is 59.2 Å². The van der Waals surface area contributed by atoms with Crippen molar-refractivity contribution in [3.8, 4) is 0 Å². The van der Waals surface area contributed by atoms with E-state index in [-0.39, 0.29) is 18.4 Å². The summed E-state index contributed by atoms with van der Waals surface area (Å²) in [6.45, 7) is 9.62. The zero-order valence-corrected chi connectivity index (χ0v) is 20.2. The van der Waals surface area contributed by atoms with Crippen molar-refractivity contribution in [2.24, 2.45) is 0 Å². The first-order valence-electron chi connectivity index (χ1n) is 11.2. The molecule has 33 heavy (non-hydrogen) atoms. The van der Waals surface area contributed by atoms with Crippen LogP contribution in [0.5, 0.6) is 0 Å². The summed E-state index contributed by atoms with van der Waals surface area (Å²) < 4.78 is 5.22. The van der Waals surface area contributed by atoms with Crippen molar-refractivity contribution in [1.29, 1.82) is 0 Å². The lowest BCUT2D eigenvalue weighted by molar-refractivity contribution is -0.140. The van der Waals surface area contributed by atoms with Gasteiger partial charge in [0, 0.05) is 13.1 Å². The zero-order chi connectivity index (χ0) is 24.4. The predicted molar refractivity (Wildman–Crippen MR) is 128 cm³/mol. The van der Waals surface area contributed by atoms with Crippen LogP contribution in [0.25, 0.3) is 0 Å². The molecule has 2 rings (SSSR count). The van der Waals surface area contributed by atoms with Crippen LogP contribution in [0.1, 0.15) is 56.8 Å². The summed E-state index contributed by atoms with van der Waals surface area (Å²) in [4.78, 5) is 40.0. The van der Waals surface area contributed by atoms with Gasteiger partial charge in [0.15, 0.2) is 0 Å². The van der Waals surface area contributed by atoms with E-state index in [4.69, 9.17) is 4.74 Å². The van der Waals surface area contributed by atoms with Crippen LogP contribution in [-0.2, 0) is 20.9 Å². The Labute approximate surface area is 196 Å². The Morgan fingerprint density at radius 2 is 1.61 bits per heavy atom. The smallest absolute Gasteiger partial charge is 0.408 e. The summed E-state index contributed by atoms with van der Waals surface area (Å²) in [6.07, 6.45) is -0.0142. The van der Waals surface area contributed by atoms with Crippen LogP contribution < -0.4 is 10.6 Å². The van der Waals surface area contributed by atoms with Crippen molar-refractivity contribution in [3.63, 3.8) is 0 Å². The van der Waals surface area contributed by atoms with E-state index in [0.29, 0.717) is 25.1 Å². The first-order valence-corrected chi connectivity index (χ1v) is 11.2. The van der Waals surface area contributed by atoms with Crippen LogP contribution in [-0.4, -0.2) is 41.5 Å². The fourth-order valence-corrected chi connectivity index (χ4v) is 3.31. The molecule has 0 aliphatic carbocycles. The molecule has 0 radical (unpaired) electrons. The maximum absolute atomic E-state index is 13.3. The quantitative estimate of drug-likeness (QED) is 0.598. The maximum atomic E-state index is 13.3. The number of benzene rings is 2. The highest BCUT2D eigenvalue weighted by molar-refractivity contribution is 5.90. The number of hydrogen-bond donors (Lipinski definition) is 2. The summed E-state index contributed by atoms with van der Waals surface area (Å²) in [5, 5.41) is 5.46. The van der Waals surface area contributed by atoms with Crippen LogP contribution in [0.4, 0.5) is 4.79 Å². The van der Waals surface area contributed by atoms with Gasteiger partial charge in [0.2, 0.25) is 11.8 Å². The SMILES string of the molecule is CCCN(C(=O)CNC(=O)OC(C)(C)C)C(C(=O)NCc1ccccc1)c1ccc(C)cc1. The van der Waals surface area contributed by atoms with Gasteiger partial charge in [-0.15, -0.1) is 0 Å². The Hall–Kier alpha value is -3.35. The molecule has 2 N–H and O–H groups in total. The minimum absolute atomic E-state index is 0.261. The average molecular weight is 454 g/mol. The van der Waals surface area contributed by atoms with Crippen molar-refractivity contribution in [2.75, 3.05) is 13.1 Å². The second-order valence-electron chi connectivity index (χ2n) is 8.96. The van der Waals surface area contributed by atoms with E-state index in [1.807, 2.05) is 68.4 Å². The highest BCUT2D eigenvalue weighted by Crippen LogP contribution is 2.23. The van der Waals surface area contributed by atoms with Gasteiger partial charge in [0.25, 0.3) is 0 Å². The minimum atomic E-state index is -0.817. The van der Waals surface area contributed by atoms with Gasteiger partial charge in [-0.1, -0.05) is 67.1 Å². The second-order valence-corrected chi connectivity index (χ2v) is 8.96. The molecule has 0 aromatic heterocycles. The van der Waals surface area contributed by atoms with Gasteiger partial charge in [-0.25, -0.2) is 4.79 Å². The van der Waals surface area contributed by atoms with E-state index in [1.54, 1.807) is 20.8 Å². The van der Waals surface area contributed by atoms with Crippen molar-refractivity contribution in [3.05, 3.63) is 71.3 Å². The van der Waals surface area contributed by atoms with Gasteiger partial charge in [0.05, 0.1) is 0 Å². The van der Waals surface area contributed by atoms with Gasteiger partial charge in [-0.2, -0.15) is 0 Å². The molecule has 0 saturated heterocycles. The summed E-state index contributed by atoms with van der Waals surface area (Å²) in [7, 11) is 0. The summed E-state index contributed by atoms with van der Waals surface area (Å²) in [5.74, 6) is -0.634. The second kappa shape index (κ2) is 12.0. The summed E-state index contributed by atoms with van der Waals surface area (Å²) >= 11 is 0. The molecule has 0 spiro atoms. The topological polar surface area (TPSA) is 87.7 Å². The number of nitrogens with one attached hydrogen (secondary N) is 2. The summed E-state index contributed by atoms with van der Waals surface area (Å²) in [6, 6.07) is 16.3. The number of rotatable bonds is 9. The Balaban J connectivity index is 2.22. The lowest BCUT2D eigenvalue weighted by atomic mass is 10.0. The molecular formula is C26H35N3O4. The summed E-state index contributed by atoms with van der Waals surface area (Å²) in [5.41, 5.74) is 2.07. The fraction of sp³-hybridized carbons (Fsp3) is 0.423. The van der Waals surface area contributed by atoms with E-state index < -0.39 is 17.7 Å². The van der Waals surface area contributed by atoms with Crippen LogP contribution in [0.3, 0.4) is 0 Å². The molecule has 1 atom stereocenters. The Bertz CT molecular complexity index is 921. The Morgan fingerprint density at radius 3 is 2.18 bits per heavy atom. The third kappa shape index (κ3) is 8.60. The van der Waals surface area contributed by atoms with Gasteiger partial charge in [-0.3, -0.25) is 9.59 Å². The van der Waals surface area contributed by atoms with Crippen molar-refractivity contribution < 1.29 is 19.1 Å². The van der Waals surface area contributed by atoms with Crippen LogP contribution in [0.2, 0.25) is 0 Å². The minimum Gasteiger partial charge on any atom is -0.444 e. The molecule has 0 heterocycles. The first kappa shape index (κ1) is 25.9. The molecule has 178 valence electrons. The van der Waals surface area contributed by atoms with Crippen LogP contribution in [0.15, 0.2) is 54.6 Å². The van der Waals surface area contributed by atoms with Gasteiger partial charge in [0.1, 0.15) is 18.2 Å². The van der Waals surface area contributed by atoms with Gasteiger partial charge >= 0.3 is 6.09 Å². The predicted octanol–water partition coefficient (Wildman–Crippen LogP) is 4.12.